The summed E-state index contributed by atoms with van der Waals surface area (Å²) in [6, 6.07) is 9.95. The minimum absolute atomic E-state index is 0.0123. The van der Waals surface area contributed by atoms with Gasteiger partial charge in [-0.15, -0.1) is 10.2 Å². The first-order valence-electron chi connectivity index (χ1n) is 15.9. The van der Waals surface area contributed by atoms with E-state index in [0.29, 0.717) is 31.4 Å². The van der Waals surface area contributed by atoms with Crippen LogP contribution in [0.1, 0.15) is 105 Å². The second-order valence-electron chi connectivity index (χ2n) is 14.9. The highest BCUT2D eigenvalue weighted by Gasteiger charge is 2.57. The van der Waals surface area contributed by atoms with Gasteiger partial charge in [-0.3, -0.25) is 9.69 Å². The predicted molar refractivity (Wildman–Crippen MR) is 169 cm³/mol. The van der Waals surface area contributed by atoms with Crippen LogP contribution in [0.3, 0.4) is 0 Å². The van der Waals surface area contributed by atoms with Crippen molar-refractivity contribution in [3.8, 4) is 0 Å². The molecule has 3 aliphatic rings. The van der Waals surface area contributed by atoms with E-state index in [9.17, 15) is 22.8 Å². The van der Waals surface area contributed by atoms with Crippen LogP contribution in [-0.4, -0.2) is 55.5 Å². The Morgan fingerprint density at radius 2 is 1.79 bits per heavy atom. The Hall–Kier alpha value is -3.93. The summed E-state index contributed by atoms with van der Waals surface area (Å²) in [6.45, 7) is 8.86. The van der Waals surface area contributed by atoms with E-state index in [4.69, 9.17) is 9.47 Å². The van der Waals surface area contributed by atoms with Crippen molar-refractivity contribution >= 4 is 17.7 Å². The number of aryl methyl sites for hydroxylation is 1. The Morgan fingerprint density at radius 1 is 1.09 bits per heavy atom. The number of halogens is 3. The van der Waals surface area contributed by atoms with Crippen molar-refractivity contribution in [1.82, 2.24) is 19.7 Å². The predicted octanol–water partition coefficient (Wildman–Crippen LogP) is 7.16. The summed E-state index contributed by atoms with van der Waals surface area (Å²) in [4.78, 5) is 30.2. The lowest BCUT2D eigenvalue weighted by Crippen LogP contribution is -2.55. The van der Waals surface area contributed by atoms with Crippen molar-refractivity contribution in [2.45, 2.75) is 108 Å². The highest BCUT2D eigenvalue weighted by atomic mass is 19.4. The van der Waals surface area contributed by atoms with Gasteiger partial charge in [-0.2, -0.15) is 13.2 Å². The van der Waals surface area contributed by atoms with Crippen molar-refractivity contribution in [2.75, 3.05) is 12.0 Å². The van der Waals surface area contributed by atoms with Crippen LogP contribution in [0.5, 0.6) is 0 Å². The molecule has 0 spiro atoms. The Labute approximate surface area is 273 Å². The number of ether oxygens (including phenoxy) is 2. The van der Waals surface area contributed by atoms with E-state index in [1.54, 1.807) is 40.3 Å². The van der Waals surface area contributed by atoms with Crippen LogP contribution in [-0.2, 0) is 41.2 Å². The molecule has 0 N–H and O–H groups in total. The number of fused-ring (bicyclic) bond motifs is 1. The molecule has 0 atom stereocenters. The fourth-order valence-electron chi connectivity index (χ4n) is 7.50. The zero-order chi connectivity index (χ0) is 34.2. The van der Waals surface area contributed by atoms with Crippen LogP contribution in [0, 0.1) is 0 Å². The lowest BCUT2D eigenvalue weighted by molar-refractivity contribution is -0.138. The highest BCUT2D eigenvalue weighted by molar-refractivity contribution is 6.10. The van der Waals surface area contributed by atoms with Crippen molar-refractivity contribution in [1.29, 1.82) is 0 Å². The van der Waals surface area contributed by atoms with Crippen molar-refractivity contribution < 1.29 is 32.2 Å². The van der Waals surface area contributed by atoms with Gasteiger partial charge in [-0.1, -0.05) is 12.1 Å². The molecular formula is C35H42F3N5O4. The molecule has 47 heavy (non-hydrogen) atoms. The van der Waals surface area contributed by atoms with Gasteiger partial charge in [0.2, 0.25) is 0 Å². The third kappa shape index (κ3) is 5.78. The largest absolute Gasteiger partial charge is 0.444 e. The molecule has 6 rings (SSSR count). The van der Waals surface area contributed by atoms with Crippen LogP contribution in [0.15, 0.2) is 42.7 Å². The molecule has 0 radical (unpaired) electrons. The number of hydrogen-bond donors (Lipinski definition) is 0. The van der Waals surface area contributed by atoms with Gasteiger partial charge < -0.3 is 18.9 Å². The quantitative estimate of drug-likeness (QED) is 0.269. The van der Waals surface area contributed by atoms with Crippen LogP contribution in [0.25, 0.3) is 0 Å². The van der Waals surface area contributed by atoms with Crippen molar-refractivity contribution in [3.05, 3.63) is 76.4 Å². The van der Waals surface area contributed by atoms with Gasteiger partial charge >= 0.3 is 12.3 Å². The number of carbonyl (C=O) groups excluding carboxylic acids is 2. The first kappa shape index (κ1) is 33.0. The van der Waals surface area contributed by atoms with E-state index in [1.807, 2.05) is 43.7 Å². The number of anilines is 1. The molecule has 2 fully saturated rings. The summed E-state index contributed by atoms with van der Waals surface area (Å²) in [5.74, 6) is 0.227. The third-order valence-corrected chi connectivity index (χ3v) is 10.1. The topological polar surface area (TPSA) is 89.8 Å². The van der Waals surface area contributed by atoms with Crippen LogP contribution < -0.4 is 4.90 Å². The molecular weight excluding hydrogens is 611 g/mol. The number of carbonyl (C=O) groups is 2. The molecule has 2 aromatic carbocycles. The molecule has 2 aliphatic carbocycles. The molecule has 9 nitrogen and oxygen atoms in total. The maximum absolute atomic E-state index is 14.6. The summed E-state index contributed by atoms with van der Waals surface area (Å²) in [5, 5.41) is 8.50. The smallest absolute Gasteiger partial charge is 0.416 e. The third-order valence-electron chi connectivity index (χ3n) is 10.1. The fraction of sp³-hybridized carbons (Fsp3) is 0.543. The lowest BCUT2D eigenvalue weighted by atomic mass is 9.56. The number of alkyl halides is 3. The standard InChI is InChI=1S/C35H42F3N5O4/c1-31(2,3)47-30(45)43(32(4)12-9-13-32)17-22-14-25-26(27(15-22)35(36,37)38)18-42(28(25)44)24-11-8-10-23(16-24)34(19-33(5,20-34)46-7)29-40-39-21-41(29)6/h8,10-11,14-16,21H,9,12-13,17-20H2,1-7H3. The van der Waals surface area contributed by atoms with Crippen LogP contribution in [0.4, 0.5) is 23.7 Å². The van der Waals surface area contributed by atoms with E-state index >= 15 is 0 Å². The average molecular weight is 654 g/mol. The number of amides is 2. The van der Waals surface area contributed by atoms with E-state index in [1.165, 1.54) is 15.9 Å². The van der Waals surface area contributed by atoms with Gasteiger partial charge in [0.15, 0.2) is 0 Å². The lowest BCUT2D eigenvalue weighted by Gasteiger charge is -2.53. The highest BCUT2D eigenvalue weighted by Crippen LogP contribution is 2.55. The molecule has 0 bridgehead atoms. The molecule has 3 aromatic rings. The van der Waals surface area contributed by atoms with Gasteiger partial charge in [-0.05, 0) is 108 Å². The van der Waals surface area contributed by atoms with Crippen LogP contribution >= 0.6 is 0 Å². The van der Waals surface area contributed by atoms with Gasteiger partial charge in [0.1, 0.15) is 17.8 Å². The van der Waals surface area contributed by atoms with E-state index in [0.717, 1.165) is 23.9 Å². The number of benzene rings is 2. The maximum atomic E-state index is 14.6. The summed E-state index contributed by atoms with van der Waals surface area (Å²) in [6.07, 6.45) is -0.0854. The number of aromatic nitrogens is 3. The summed E-state index contributed by atoms with van der Waals surface area (Å²) in [7, 11) is 3.54. The normalized spacial score (nSPS) is 23.6. The zero-order valence-electron chi connectivity index (χ0n) is 28.0. The number of rotatable bonds is 7. The first-order valence-corrected chi connectivity index (χ1v) is 15.9. The van der Waals surface area contributed by atoms with E-state index in [-0.39, 0.29) is 35.4 Å². The van der Waals surface area contributed by atoms with Gasteiger partial charge in [0, 0.05) is 37.5 Å². The van der Waals surface area contributed by atoms with Crippen LogP contribution in [0.2, 0.25) is 0 Å². The number of hydrogen-bond acceptors (Lipinski definition) is 6. The molecule has 252 valence electrons. The molecule has 1 aliphatic heterocycles. The first-order chi connectivity index (χ1) is 21.9. The number of nitrogens with zero attached hydrogens (tertiary/aromatic N) is 5. The fourth-order valence-corrected chi connectivity index (χ4v) is 7.50. The Morgan fingerprint density at radius 3 is 2.34 bits per heavy atom. The summed E-state index contributed by atoms with van der Waals surface area (Å²) < 4.78 is 57.2. The van der Waals surface area contributed by atoms with Gasteiger partial charge in [0.05, 0.1) is 23.1 Å². The monoisotopic (exact) mass is 653 g/mol. The van der Waals surface area contributed by atoms with Gasteiger partial charge in [-0.25, -0.2) is 4.79 Å². The Bertz CT molecular complexity index is 1720. The van der Waals surface area contributed by atoms with Gasteiger partial charge in [0.25, 0.3) is 5.91 Å². The molecule has 0 saturated heterocycles. The summed E-state index contributed by atoms with van der Waals surface area (Å²) in [5.41, 5.74) is -1.61. The molecule has 12 heteroatoms. The Balaban J connectivity index is 1.36. The number of methoxy groups -OCH3 is 1. The second-order valence-corrected chi connectivity index (χ2v) is 14.9. The Kier molecular flexibility index (Phi) is 7.77. The molecule has 0 unspecified atom stereocenters. The summed E-state index contributed by atoms with van der Waals surface area (Å²) >= 11 is 0. The zero-order valence-corrected chi connectivity index (χ0v) is 28.0. The molecule has 1 aromatic heterocycles. The molecule has 2 amide bonds. The van der Waals surface area contributed by atoms with E-state index < -0.39 is 40.3 Å². The maximum Gasteiger partial charge on any atom is 0.416 e. The SMILES string of the molecule is COC1(C)CC(c2cccc(N3Cc4c(cc(CN(C(=O)OC(C)(C)C)C5(C)CCC5)cc4C(F)(F)F)C3=O)c2)(c2nncn2C)C1. The average Bonchev–Trinajstić information content (AvgIpc) is 3.54. The van der Waals surface area contributed by atoms with Crippen molar-refractivity contribution in [3.63, 3.8) is 0 Å². The molecule has 2 heterocycles. The minimum atomic E-state index is -4.71. The van der Waals surface area contributed by atoms with Crippen molar-refractivity contribution in [2.24, 2.45) is 7.05 Å². The van der Waals surface area contributed by atoms with E-state index in [2.05, 4.69) is 10.2 Å². The molecule has 2 saturated carbocycles. The minimum Gasteiger partial charge on any atom is -0.444 e. The second kappa shape index (κ2) is 11.1.